The fourth-order valence-corrected chi connectivity index (χ4v) is 3.20. The SMILES string of the molecule is COC[C@@H]1CCCN(C(=O)[C@@H]2CC(=O)N(CC(F)(F)F)C2)C1. The first-order chi connectivity index (χ1) is 10.3. The molecule has 8 heteroatoms. The van der Waals surface area contributed by atoms with Gasteiger partial charge in [0, 0.05) is 33.2 Å². The third kappa shape index (κ3) is 4.34. The Bertz CT molecular complexity index is 426. The summed E-state index contributed by atoms with van der Waals surface area (Å²) in [6.45, 7) is 0.303. The molecular weight excluding hydrogens is 301 g/mol. The Kier molecular flexibility index (Phi) is 5.31. The molecule has 2 aliphatic rings. The van der Waals surface area contributed by atoms with Crippen LogP contribution >= 0.6 is 0 Å². The largest absolute Gasteiger partial charge is 0.406 e. The Morgan fingerprint density at radius 2 is 2.09 bits per heavy atom. The summed E-state index contributed by atoms with van der Waals surface area (Å²) < 4.78 is 42.3. The highest BCUT2D eigenvalue weighted by atomic mass is 19.4. The summed E-state index contributed by atoms with van der Waals surface area (Å²) in [5.74, 6) is -1.21. The van der Waals surface area contributed by atoms with Crippen LogP contribution in [0, 0.1) is 11.8 Å². The normalized spacial score (nSPS) is 26.6. The van der Waals surface area contributed by atoms with E-state index in [-0.39, 0.29) is 24.8 Å². The highest BCUT2D eigenvalue weighted by molar-refractivity contribution is 5.89. The van der Waals surface area contributed by atoms with E-state index < -0.39 is 24.5 Å². The number of rotatable bonds is 4. The Balaban J connectivity index is 1.92. The highest BCUT2D eigenvalue weighted by Crippen LogP contribution is 2.26. The molecule has 5 nitrogen and oxygen atoms in total. The van der Waals surface area contributed by atoms with Crippen LogP contribution in [0.25, 0.3) is 0 Å². The van der Waals surface area contributed by atoms with Crippen LogP contribution in [0.15, 0.2) is 0 Å². The van der Waals surface area contributed by atoms with E-state index >= 15 is 0 Å². The van der Waals surface area contributed by atoms with Crippen molar-refractivity contribution >= 4 is 11.8 Å². The van der Waals surface area contributed by atoms with Gasteiger partial charge in [0.2, 0.25) is 11.8 Å². The van der Waals surface area contributed by atoms with Gasteiger partial charge in [-0.05, 0) is 18.8 Å². The van der Waals surface area contributed by atoms with Crippen LogP contribution in [0.4, 0.5) is 13.2 Å². The number of halogens is 3. The summed E-state index contributed by atoms with van der Waals surface area (Å²) in [7, 11) is 1.60. The zero-order valence-electron chi connectivity index (χ0n) is 12.6. The third-order valence-electron chi connectivity index (χ3n) is 4.17. The second-order valence-electron chi connectivity index (χ2n) is 6.04. The standard InChI is InChI=1S/C14H21F3N2O3/c1-22-8-10-3-2-4-18(6-10)13(21)11-5-12(20)19(7-11)9-14(15,16)17/h10-11H,2-9H2,1H3/t10-,11-/m1/s1. The Morgan fingerprint density at radius 1 is 1.36 bits per heavy atom. The fraction of sp³-hybridized carbons (Fsp3) is 0.857. The number of methoxy groups -OCH3 is 1. The number of hydrogen-bond acceptors (Lipinski definition) is 3. The molecule has 126 valence electrons. The lowest BCUT2D eigenvalue weighted by Gasteiger charge is -2.34. The van der Waals surface area contributed by atoms with Gasteiger partial charge in [-0.3, -0.25) is 9.59 Å². The molecule has 2 atom stereocenters. The van der Waals surface area contributed by atoms with Crippen molar-refractivity contribution in [1.82, 2.24) is 9.80 Å². The molecule has 0 radical (unpaired) electrons. The van der Waals surface area contributed by atoms with Gasteiger partial charge in [0.1, 0.15) is 6.54 Å². The van der Waals surface area contributed by atoms with E-state index in [1.54, 1.807) is 12.0 Å². The summed E-state index contributed by atoms with van der Waals surface area (Å²) in [4.78, 5) is 26.5. The molecule has 2 fully saturated rings. The number of alkyl halides is 3. The van der Waals surface area contributed by atoms with Crippen LogP contribution in [-0.4, -0.2) is 67.7 Å². The molecule has 0 aromatic rings. The van der Waals surface area contributed by atoms with Gasteiger partial charge >= 0.3 is 6.18 Å². The predicted octanol–water partition coefficient (Wildman–Crippen LogP) is 1.28. The van der Waals surface area contributed by atoms with Crippen molar-refractivity contribution in [3.8, 4) is 0 Å². The fourth-order valence-electron chi connectivity index (χ4n) is 3.20. The van der Waals surface area contributed by atoms with Crippen molar-refractivity contribution in [2.75, 3.05) is 39.9 Å². The summed E-state index contributed by atoms with van der Waals surface area (Å²) >= 11 is 0. The number of carbonyl (C=O) groups is 2. The number of amides is 2. The van der Waals surface area contributed by atoms with E-state index in [1.807, 2.05) is 0 Å². The number of piperidine rings is 1. The Morgan fingerprint density at radius 3 is 2.73 bits per heavy atom. The maximum atomic E-state index is 12.4. The zero-order valence-corrected chi connectivity index (χ0v) is 12.6. The second-order valence-corrected chi connectivity index (χ2v) is 6.04. The number of nitrogens with zero attached hydrogens (tertiary/aromatic N) is 2. The molecule has 0 aromatic heterocycles. The monoisotopic (exact) mass is 322 g/mol. The molecule has 0 unspecified atom stereocenters. The number of likely N-dealkylation sites (tertiary alicyclic amines) is 2. The molecule has 0 spiro atoms. The minimum Gasteiger partial charge on any atom is -0.384 e. The van der Waals surface area contributed by atoms with Crippen molar-refractivity contribution in [3.63, 3.8) is 0 Å². The predicted molar refractivity (Wildman–Crippen MR) is 71.9 cm³/mol. The van der Waals surface area contributed by atoms with Gasteiger partial charge in [-0.15, -0.1) is 0 Å². The summed E-state index contributed by atoms with van der Waals surface area (Å²) in [5, 5.41) is 0. The Hall–Kier alpha value is -1.31. The van der Waals surface area contributed by atoms with Crippen LogP contribution in [0.1, 0.15) is 19.3 Å². The van der Waals surface area contributed by atoms with Crippen LogP contribution in [-0.2, 0) is 14.3 Å². The molecule has 0 aromatic carbocycles. The first-order valence-corrected chi connectivity index (χ1v) is 7.42. The first-order valence-electron chi connectivity index (χ1n) is 7.42. The van der Waals surface area contributed by atoms with Gasteiger partial charge in [-0.25, -0.2) is 0 Å². The molecule has 0 aliphatic carbocycles. The van der Waals surface area contributed by atoms with Gasteiger partial charge < -0.3 is 14.5 Å². The molecule has 0 N–H and O–H groups in total. The van der Waals surface area contributed by atoms with E-state index in [0.717, 1.165) is 17.7 Å². The van der Waals surface area contributed by atoms with Gasteiger partial charge in [0.25, 0.3) is 0 Å². The molecule has 2 aliphatic heterocycles. The molecule has 22 heavy (non-hydrogen) atoms. The number of carbonyl (C=O) groups excluding carboxylic acids is 2. The van der Waals surface area contributed by atoms with Crippen LogP contribution in [0.5, 0.6) is 0 Å². The lowest BCUT2D eigenvalue weighted by molar-refractivity contribution is -0.157. The van der Waals surface area contributed by atoms with E-state index in [1.165, 1.54) is 0 Å². The summed E-state index contributed by atoms with van der Waals surface area (Å²) in [5.41, 5.74) is 0. The van der Waals surface area contributed by atoms with Crippen molar-refractivity contribution in [3.05, 3.63) is 0 Å². The smallest absolute Gasteiger partial charge is 0.384 e. The van der Waals surface area contributed by atoms with Crippen LogP contribution in [0.2, 0.25) is 0 Å². The summed E-state index contributed by atoms with van der Waals surface area (Å²) in [6, 6.07) is 0. The first kappa shape index (κ1) is 17.1. The van der Waals surface area contributed by atoms with Crippen molar-refractivity contribution in [1.29, 1.82) is 0 Å². The minimum absolute atomic E-state index is 0.125. The topological polar surface area (TPSA) is 49.9 Å². The lowest BCUT2D eigenvalue weighted by atomic mass is 9.97. The maximum absolute atomic E-state index is 12.4. The average molecular weight is 322 g/mol. The molecular formula is C14H21F3N2O3. The minimum atomic E-state index is -4.43. The lowest BCUT2D eigenvalue weighted by Crippen LogP contribution is -2.44. The third-order valence-corrected chi connectivity index (χ3v) is 4.17. The van der Waals surface area contributed by atoms with Gasteiger partial charge in [0.15, 0.2) is 0 Å². The molecule has 0 saturated carbocycles. The van der Waals surface area contributed by atoms with Gasteiger partial charge in [0.05, 0.1) is 12.5 Å². The van der Waals surface area contributed by atoms with E-state index in [4.69, 9.17) is 4.74 Å². The van der Waals surface area contributed by atoms with Crippen LogP contribution < -0.4 is 0 Å². The van der Waals surface area contributed by atoms with E-state index in [0.29, 0.717) is 19.7 Å². The summed E-state index contributed by atoms with van der Waals surface area (Å²) in [6.07, 6.45) is -2.73. The molecule has 2 amide bonds. The maximum Gasteiger partial charge on any atom is 0.406 e. The average Bonchev–Trinajstić information content (AvgIpc) is 2.78. The molecule has 2 heterocycles. The van der Waals surface area contributed by atoms with Crippen molar-refractivity contribution in [2.24, 2.45) is 11.8 Å². The molecule has 2 saturated heterocycles. The van der Waals surface area contributed by atoms with Gasteiger partial charge in [-0.1, -0.05) is 0 Å². The van der Waals surface area contributed by atoms with E-state index in [9.17, 15) is 22.8 Å². The molecule has 2 rings (SSSR count). The zero-order chi connectivity index (χ0) is 16.3. The number of hydrogen-bond donors (Lipinski definition) is 0. The highest BCUT2D eigenvalue weighted by Gasteiger charge is 2.42. The van der Waals surface area contributed by atoms with E-state index in [2.05, 4.69) is 0 Å². The quantitative estimate of drug-likeness (QED) is 0.783. The molecule has 0 bridgehead atoms. The number of ether oxygens (including phenoxy) is 1. The van der Waals surface area contributed by atoms with Crippen molar-refractivity contribution < 1.29 is 27.5 Å². The Labute approximate surface area is 127 Å². The van der Waals surface area contributed by atoms with Gasteiger partial charge in [-0.2, -0.15) is 13.2 Å². The van der Waals surface area contributed by atoms with Crippen molar-refractivity contribution in [2.45, 2.75) is 25.4 Å². The second kappa shape index (κ2) is 6.85. The van der Waals surface area contributed by atoms with Crippen LogP contribution in [0.3, 0.4) is 0 Å².